The third kappa shape index (κ3) is 2.74. The Morgan fingerprint density at radius 1 is 1.69 bits per heavy atom. The van der Waals surface area contributed by atoms with E-state index >= 15 is 0 Å². The summed E-state index contributed by atoms with van der Waals surface area (Å²) in [6.45, 7) is 1.83. The molecule has 1 atom stereocenters. The van der Waals surface area contributed by atoms with E-state index in [2.05, 4.69) is 11.2 Å². The fraction of sp³-hybridized carbons (Fsp3) is 0.250. The van der Waals surface area contributed by atoms with Gasteiger partial charge in [-0.1, -0.05) is 12.8 Å². The minimum Gasteiger partial charge on any atom is -0.507 e. The van der Waals surface area contributed by atoms with Gasteiger partial charge in [0.1, 0.15) is 11.6 Å². The van der Waals surface area contributed by atoms with Gasteiger partial charge in [0, 0.05) is 6.07 Å². The number of nitrogens with one attached hydrogen (secondary N) is 1. The minimum atomic E-state index is -0.599. The predicted octanol–water partition coefficient (Wildman–Crippen LogP) is 1.67. The number of carbonyl (C=O) groups excluding carboxylic acids is 1. The van der Waals surface area contributed by atoms with Crippen molar-refractivity contribution in [3.05, 3.63) is 29.6 Å². The molecule has 2 N–H and O–H groups in total. The highest BCUT2D eigenvalue weighted by Gasteiger charge is 2.14. The summed E-state index contributed by atoms with van der Waals surface area (Å²) >= 11 is 0. The lowest BCUT2D eigenvalue weighted by Crippen LogP contribution is -2.33. The lowest BCUT2D eigenvalue weighted by molar-refractivity contribution is 0.0942. The number of terminal acetylenes is 1. The standard InChI is InChI=1S/C12H12FNO2/c1-3-9(4-2)14-12(16)10-6-5-8(13)7-11(10)15/h1,5-7,9,15H,4H2,2H3,(H,14,16). The molecule has 84 valence electrons. The van der Waals surface area contributed by atoms with E-state index in [1.54, 1.807) is 0 Å². The van der Waals surface area contributed by atoms with Gasteiger partial charge in [-0.05, 0) is 18.6 Å². The topological polar surface area (TPSA) is 49.3 Å². The van der Waals surface area contributed by atoms with Crippen LogP contribution in [0.4, 0.5) is 4.39 Å². The maximum absolute atomic E-state index is 12.7. The van der Waals surface area contributed by atoms with Gasteiger partial charge in [-0.25, -0.2) is 4.39 Å². The maximum atomic E-state index is 12.7. The Labute approximate surface area is 93.3 Å². The van der Waals surface area contributed by atoms with Crippen molar-refractivity contribution in [2.75, 3.05) is 0 Å². The van der Waals surface area contributed by atoms with Crippen LogP contribution in [0.2, 0.25) is 0 Å². The molecule has 1 rings (SSSR count). The summed E-state index contributed by atoms with van der Waals surface area (Å²) in [5, 5.41) is 11.9. The second-order valence-corrected chi connectivity index (χ2v) is 3.26. The molecular formula is C12H12FNO2. The summed E-state index contributed by atoms with van der Waals surface area (Å²) in [6, 6.07) is 2.80. The molecule has 0 heterocycles. The van der Waals surface area contributed by atoms with E-state index in [4.69, 9.17) is 6.42 Å². The molecule has 0 spiro atoms. The zero-order chi connectivity index (χ0) is 12.1. The van der Waals surface area contributed by atoms with Crippen LogP contribution in [0.1, 0.15) is 23.7 Å². The summed E-state index contributed by atoms with van der Waals surface area (Å²) in [5.74, 6) is 0.886. The van der Waals surface area contributed by atoms with Crippen LogP contribution in [0, 0.1) is 18.2 Å². The van der Waals surface area contributed by atoms with Gasteiger partial charge in [0.15, 0.2) is 0 Å². The second-order valence-electron chi connectivity index (χ2n) is 3.26. The van der Waals surface area contributed by atoms with Crippen LogP contribution in [0.15, 0.2) is 18.2 Å². The average Bonchev–Trinajstić information content (AvgIpc) is 2.25. The van der Waals surface area contributed by atoms with Crippen molar-refractivity contribution in [1.82, 2.24) is 5.32 Å². The molecule has 0 aliphatic rings. The molecule has 0 saturated heterocycles. The van der Waals surface area contributed by atoms with Gasteiger partial charge in [0.2, 0.25) is 0 Å². The summed E-state index contributed by atoms with van der Waals surface area (Å²) in [6.07, 6.45) is 5.77. The van der Waals surface area contributed by atoms with E-state index in [1.165, 1.54) is 6.07 Å². The van der Waals surface area contributed by atoms with Crippen molar-refractivity contribution in [2.45, 2.75) is 19.4 Å². The Hall–Kier alpha value is -2.02. The number of hydrogen-bond donors (Lipinski definition) is 2. The van der Waals surface area contributed by atoms with Gasteiger partial charge >= 0.3 is 0 Å². The third-order valence-corrected chi connectivity index (χ3v) is 2.12. The fourth-order valence-corrected chi connectivity index (χ4v) is 1.19. The smallest absolute Gasteiger partial charge is 0.256 e. The number of hydrogen-bond acceptors (Lipinski definition) is 2. The number of benzene rings is 1. The summed E-state index contributed by atoms with van der Waals surface area (Å²) < 4.78 is 12.7. The third-order valence-electron chi connectivity index (χ3n) is 2.12. The number of rotatable bonds is 3. The molecule has 1 aromatic carbocycles. The molecule has 16 heavy (non-hydrogen) atoms. The van der Waals surface area contributed by atoms with Crippen molar-refractivity contribution >= 4 is 5.91 Å². The number of phenolic OH excluding ortho intramolecular Hbond substituents is 1. The van der Waals surface area contributed by atoms with Crippen LogP contribution < -0.4 is 5.32 Å². The first-order chi connectivity index (χ1) is 7.58. The molecule has 0 aromatic heterocycles. The van der Waals surface area contributed by atoms with Crippen molar-refractivity contribution in [3.8, 4) is 18.1 Å². The first-order valence-electron chi connectivity index (χ1n) is 4.84. The van der Waals surface area contributed by atoms with Crippen LogP contribution in [-0.4, -0.2) is 17.1 Å². The molecule has 0 bridgehead atoms. The lowest BCUT2D eigenvalue weighted by Gasteiger charge is -2.11. The highest BCUT2D eigenvalue weighted by atomic mass is 19.1. The highest BCUT2D eigenvalue weighted by Crippen LogP contribution is 2.17. The SMILES string of the molecule is C#CC(CC)NC(=O)c1ccc(F)cc1O. The Kier molecular flexibility index (Phi) is 3.90. The quantitative estimate of drug-likeness (QED) is 0.763. The van der Waals surface area contributed by atoms with E-state index in [0.717, 1.165) is 12.1 Å². The largest absolute Gasteiger partial charge is 0.507 e. The summed E-state index contributed by atoms with van der Waals surface area (Å²) in [7, 11) is 0. The second kappa shape index (κ2) is 5.17. The van der Waals surface area contributed by atoms with E-state index in [1.807, 2.05) is 6.92 Å². The molecular weight excluding hydrogens is 209 g/mol. The molecule has 0 aliphatic carbocycles. The first-order valence-corrected chi connectivity index (χ1v) is 4.84. The van der Waals surface area contributed by atoms with Gasteiger partial charge in [0.05, 0.1) is 11.6 Å². The Morgan fingerprint density at radius 2 is 2.38 bits per heavy atom. The minimum absolute atomic E-state index is 0.00935. The fourth-order valence-electron chi connectivity index (χ4n) is 1.19. The van der Waals surface area contributed by atoms with Gasteiger partial charge in [-0.2, -0.15) is 0 Å². The zero-order valence-electron chi connectivity index (χ0n) is 8.83. The Bertz CT molecular complexity index is 437. The van der Waals surface area contributed by atoms with Crippen LogP contribution >= 0.6 is 0 Å². The summed E-state index contributed by atoms with van der Waals surface area (Å²) in [5.41, 5.74) is 0.00935. The number of phenols is 1. The Balaban J connectivity index is 2.85. The predicted molar refractivity (Wildman–Crippen MR) is 58.4 cm³/mol. The lowest BCUT2D eigenvalue weighted by atomic mass is 10.1. The monoisotopic (exact) mass is 221 g/mol. The molecule has 1 amide bonds. The molecule has 0 fully saturated rings. The van der Waals surface area contributed by atoms with Crippen molar-refractivity contribution < 1.29 is 14.3 Å². The molecule has 0 aliphatic heterocycles. The van der Waals surface area contributed by atoms with E-state index < -0.39 is 23.5 Å². The van der Waals surface area contributed by atoms with Crippen LogP contribution in [0.25, 0.3) is 0 Å². The van der Waals surface area contributed by atoms with Gasteiger partial charge in [-0.15, -0.1) is 6.42 Å². The summed E-state index contributed by atoms with van der Waals surface area (Å²) in [4.78, 5) is 11.6. The highest BCUT2D eigenvalue weighted by molar-refractivity contribution is 5.97. The number of aromatic hydroxyl groups is 1. The molecule has 0 saturated carbocycles. The molecule has 4 heteroatoms. The maximum Gasteiger partial charge on any atom is 0.256 e. The van der Waals surface area contributed by atoms with Gasteiger partial charge in [-0.3, -0.25) is 4.79 Å². The van der Waals surface area contributed by atoms with E-state index in [0.29, 0.717) is 6.42 Å². The van der Waals surface area contributed by atoms with Crippen LogP contribution in [0.5, 0.6) is 5.75 Å². The Morgan fingerprint density at radius 3 is 2.88 bits per heavy atom. The molecule has 3 nitrogen and oxygen atoms in total. The van der Waals surface area contributed by atoms with E-state index in [9.17, 15) is 14.3 Å². The molecule has 1 aromatic rings. The van der Waals surface area contributed by atoms with E-state index in [-0.39, 0.29) is 5.56 Å². The number of amides is 1. The molecule has 0 radical (unpaired) electrons. The first kappa shape index (κ1) is 12.1. The van der Waals surface area contributed by atoms with Crippen LogP contribution in [0.3, 0.4) is 0 Å². The number of halogens is 1. The van der Waals surface area contributed by atoms with Crippen molar-refractivity contribution in [3.63, 3.8) is 0 Å². The van der Waals surface area contributed by atoms with Gasteiger partial charge in [0.25, 0.3) is 5.91 Å². The van der Waals surface area contributed by atoms with Crippen molar-refractivity contribution in [1.29, 1.82) is 0 Å². The molecule has 1 unspecified atom stereocenters. The average molecular weight is 221 g/mol. The zero-order valence-corrected chi connectivity index (χ0v) is 8.83. The van der Waals surface area contributed by atoms with Crippen LogP contribution in [-0.2, 0) is 0 Å². The normalized spacial score (nSPS) is 11.6. The number of carbonyl (C=O) groups is 1. The van der Waals surface area contributed by atoms with Crippen molar-refractivity contribution in [2.24, 2.45) is 0 Å². The van der Waals surface area contributed by atoms with Gasteiger partial charge < -0.3 is 10.4 Å².